The molecule has 0 aliphatic carbocycles. The maximum absolute atomic E-state index is 5.38. The zero-order valence-electron chi connectivity index (χ0n) is 10.9. The summed E-state index contributed by atoms with van der Waals surface area (Å²) in [4.78, 5) is 5.59. The van der Waals surface area contributed by atoms with Crippen LogP contribution >= 0.6 is 23.1 Å². The molecular formula is C14H11N3O2S2. The molecule has 0 fully saturated rings. The summed E-state index contributed by atoms with van der Waals surface area (Å²) in [6.45, 7) is 0.303. The van der Waals surface area contributed by atoms with Gasteiger partial charge in [0.1, 0.15) is 0 Å². The van der Waals surface area contributed by atoms with Crippen molar-refractivity contribution in [2.75, 3.05) is 6.79 Å². The number of nitrogens with one attached hydrogen (secondary N) is 1. The van der Waals surface area contributed by atoms with Crippen molar-refractivity contribution in [1.82, 2.24) is 15.2 Å². The third-order valence-corrected chi connectivity index (χ3v) is 4.82. The maximum Gasteiger partial charge on any atom is 0.231 e. The lowest BCUT2D eigenvalue weighted by Gasteiger charge is -2.00. The monoisotopic (exact) mass is 317 g/mol. The van der Waals surface area contributed by atoms with Crippen LogP contribution in [0.2, 0.25) is 0 Å². The second kappa shape index (κ2) is 5.42. The van der Waals surface area contributed by atoms with Crippen molar-refractivity contribution in [2.24, 2.45) is 0 Å². The number of aromatic nitrogens is 3. The number of fused-ring (bicyclic) bond motifs is 1. The number of hydrogen-bond acceptors (Lipinski definition) is 6. The molecule has 0 atom stereocenters. The Morgan fingerprint density at radius 2 is 2.19 bits per heavy atom. The van der Waals surface area contributed by atoms with Gasteiger partial charge in [-0.15, -0.1) is 16.4 Å². The molecule has 0 radical (unpaired) electrons. The first-order chi connectivity index (χ1) is 10.4. The highest BCUT2D eigenvalue weighted by atomic mass is 32.2. The Balaban J connectivity index is 1.45. The summed E-state index contributed by atoms with van der Waals surface area (Å²) in [6.07, 6.45) is 0. The maximum atomic E-state index is 5.38. The molecule has 0 bridgehead atoms. The minimum absolute atomic E-state index is 0.303. The highest BCUT2D eigenvalue weighted by Gasteiger charge is 2.14. The van der Waals surface area contributed by atoms with E-state index in [1.165, 1.54) is 0 Å². The molecular weight excluding hydrogens is 306 g/mol. The lowest BCUT2D eigenvalue weighted by atomic mass is 10.2. The molecule has 0 unspecified atom stereocenters. The van der Waals surface area contributed by atoms with E-state index in [4.69, 9.17) is 9.47 Å². The molecule has 1 aromatic carbocycles. The van der Waals surface area contributed by atoms with Crippen molar-refractivity contribution in [1.29, 1.82) is 0 Å². The minimum Gasteiger partial charge on any atom is -0.454 e. The number of H-pyrrole nitrogens is 1. The first kappa shape index (κ1) is 12.7. The number of nitrogens with zero attached hydrogens (tertiary/aromatic N) is 2. The Labute approximate surface area is 129 Å². The molecule has 106 valence electrons. The first-order valence-corrected chi connectivity index (χ1v) is 8.22. The number of thiophene rings is 1. The summed E-state index contributed by atoms with van der Waals surface area (Å²) in [6, 6.07) is 10.0. The van der Waals surface area contributed by atoms with Crippen molar-refractivity contribution in [3.05, 3.63) is 41.3 Å². The van der Waals surface area contributed by atoms with Crippen molar-refractivity contribution < 1.29 is 9.47 Å². The molecule has 0 amide bonds. The van der Waals surface area contributed by atoms with E-state index in [0.29, 0.717) is 6.79 Å². The molecule has 2 aromatic heterocycles. The number of hydrogen-bond donors (Lipinski definition) is 1. The van der Waals surface area contributed by atoms with Crippen LogP contribution in [-0.4, -0.2) is 22.0 Å². The van der Waals surface area contributed by atoms with E-state index in [1.54, 1.807) is 23.1 Å². The molecule has 0 spiro atoms. The van der Waals surface area contributed by atoms with Gasteiger partial charge in [0.2, 0.25) is 11.9 Å². The molecule has 3 heterocycles. The van der Waals surface area contributed by atoms with Crippen LogP contribution in [0.25, 0.3) is 10.7 Å². The summed E-state index contributed by atoms with van der Waals surface area (Å²) >= 11 is 3.24. The molecule has 1 N–H and O–H groups in total. The first-order valence-electron chi connectivity index (χ1n) is 6.36. The fraction of sp³-hybridized carbons (Fsp3) is 0.143. The average molecular weight is 317 g/mol. The van der Waals surface area contributed by atoms with Crippen molar-refractivity contribution in [3.8, 4) is 22.2 Å². The highest BCUT2D eigenvalue weighted by molar-refractivity contribution is 7.98. The predicted octanol–water partition coefficient (Wildman–Crippen LogP) is 3.55. The smallest absolute Gasteiger partial charge is 0.231 e. The van der Waals surface area contributed by atoms with Gasteiger partial charge >= 0.3 is 0 Å². The summed E-state index contributed by atoms with van der Waals surface area (Å²) in [5.41, 5.74) is 1.16. The Bertz CT molecular complexity index is 755. The molecule has 4 rings (SSSR count). The summed E-state index contributed by atoms with van der Waals surface area (Å²) in [7, 11) is 0. The van der Waals surface area contributed by atoms with E-state index < -0.39 is 0 Å². The normalized spacial score (nSPS) is 12.8. The zero-order chi connectivity index (χ0) is 14.1. The largest absolute Gasteiger partial charge is 0.454 e. The Kier molecular flexibility index (Phi) is 3.28. The number of thioether (sulfide) groups is 1. The number of benzene rings is 1. The van der Waals surface area contributed by atoms with Crippen LogP contribution < -0.4 is 9.47 Å². The summed E-state index contributed by atoms with van der Waals surface area (Å²) in [5, 5.41) is 9.98. The second-order valence-electron chi connectivity index (χ2n) is 4.42. The van der Waals surface area contributed by atoms with Crippen molar-refractivity contribution in [2.45, 2.75) is 10.9 Å². The molecule has 5 nitrogen and oxygen atoms in total. The third kappa shape index (κ3) is 2.62. The van der Waals surface area contributed by atoms with Gasteiger partial charge in [-0.3, -0.25) is 5.10 Å². The van der Waals surface area contributed by atoms with Crippen LogP contribution in [0, 0.1) is 0 Å². The van der Waals surface area contributed by atoms with Gasteiger partial charge in [-0.1, -0.05) is 23.9 Å². The standard InChI is InChI=1S/C14H11N3O2S2/c1-2-12(20-5-1)13-15-14(17-16-13)21-7-9-3-4-10-11(6-9)19-8-18-10/h1-6H,7-8H2,(H,15,16,17). The third-order valence-electron chi connectivity index (χ3n) is 3.02. The molecule has 0 saturated carbocycles. The van der Waals surface area contributed by atoms with Crippen LogP contribution in [0.15, 0.2) is 40.9 Å². The topological polar surface area (TPSA) is 60.0 Å². The summed E-state index contributed by atoms with van der Waals surface area (Å²) < 4.78 is 10.7. The molecule has 1 aliphatic rings. The quantitative estimate of drug-likeness (QED) is 0.746. The van der Waals surface area contributed by atoms with Gasteiger partial charge in [0, 0.05) is 5.75 Å². The van der Waals surface area contributed by atoms with Gasteiger partial charge in [-0.2, -0.15) is 0 Å². The predicted molar refractivity (Wildman–Crippen MR) is 81.8 cm³/mol. The van der Waals surface area contributed by atoms with Crippen molar-refractivity contribution in [3.63, 3.8) is 0 Å². The van der Waals surface area contributed by atoms with Crippen LogP contribution in [-0.2, 0) is 5.75 Å². The number of rotatable bonds is 4. The molecule has 7 heteroatoms. The van der Waals surface area contributed by atoms with Gasteiger partial charge < -0.3 is 9.47 Å². The highest BCUT2D eigenvalue weighted by Crippen LogP contribution is 2.34. The Morgan fingerprint density at radius 1 is 1.24 bits per heavy atom. The van der Waals surface area contributed by atoms with Gasteiger partial charge in [0.15, 0.2) is 17.3 Å². The summed E-state index contributed by atoms with van der Waals surface area (Å²) in [5.74, 6) is 3.22. The zero-order valence-corrected chi connectivity index (χ0v) is 12.5. The molecule has 3 aromatic rings. The van der Waals surface area contributed by atoms with E-state index in [1.807, 2.05) is 35.7 Å². The van der Waals surface area contributed by atoms with E-state index >= 15 is 0 Å². The Morgan fingerprint density at radius 3 is 3.10 bits per heavy atom. The van der Waals surface area contributed by atoms with Crippen LogP contribution in [0.5, 0.6) is 11.5 Å². The SMILES string of the molecule is c1csc(-c2nc(SCc3ccc4c(c3)OCO4)n[nH]2)c1. The van der Waals surface area contributed by atoms with Crippen LogP contribution in [0.1, 0.15) is 5.56 Å². The molecule has 1 aliphatic heterocycles. The number of ether oxygens (including phenoxy) is 2. The fourth-order valence-corrected chi connectivity index (χ4v) is 3.42. The van der Waals surface area contributed by atoms with Gasteiger partial charge in [-0.05, 0) is 29.1 Å². The average Bonchev–Trinajstić information content (AvgIpc) is 3.24. The number of aromatic amines is 1. The van der Waals surface area contributed by atoms with E-state index in [0.717, 1.165) is 38.7 Å². The van der Waals surface area contributed by atoms with Crippen LogP contribution in [0.3, 0.4) is 0 Å². The second-order valence-corrected chi connectivity index (χ2v) is 6.31. The molecule has 21 heavy (non-hydrogen) atoms. The minimum atomic E-state index is 0.303. The molecule has 0 saturated heterocycles. The van der Waals surface area contributed by atoms with E-state index in [9.17, 15) is 0 Å². The lowest BCUT2D eigenvalue weighted by Crippen LogP contribution is -1.92. The lowest BCUT2D eigenvalue weighted by molar-refractivity contribution is 0.174. The van der Waals surface area contributed by atoms with Gasteiger partial charge in [0.05, 0.1) is 4.88 Å². The fourth-order valence-electron chi connectivity index (χ4n) is 2.01. The van der Waals surface area contributed by atoms with Crippen molar-refractivity contribution >= 4 is 23.1 Å². The van der Waals surface area contributed by atoms with E-state index in [2.05, 4.69) is 15.2 Å². The van der Waals surface area contributed by atoms with Gasteiger partial charge in [0.25, 0.3) is 0 Å². The van der Waals surface area contributed by atoms with E-state index in [-0.39, 0.29) is 0 Å². The van der Waals surface area contributed by atoms with Gasteiger partial charge in [-0.25, -0.2) is 4.98 Å². The Hall–Kier alpha value is -1.99. The van der Waals surface area contributed by atoms with Crippen LogP contribution in [0.4, 0.5) is 0 Å².